The summed E-state index contributed by atoms with van der Waals surface area (Å²) in [5.74, 6) is -2.46. The van der Waals surface area contributed by atoms with Gasteiger partial charge in [-0.25, -0.2) is 9.59 Å². The number of rotatable bonds is 12. The van der Waals surface area contributed by atoms with E-state index >= 15 is 0 Å². The van der Waals surface area contributed by atoms with E-state index in [1.165, 1.54) is 42.7 Å². The highest BCUT2D eigenvalue weighted by atomic mass is 28.4. The molecule has 146 valence electrons. The molecular weight excluding hydrogens is 372 g/mol. The van der Waals surface area contributed by atoms with Gasteiger partial charge in [-0.15, -0.1) is 0 Å². The molecule has 0 rings (SSSR count). The van der Waals surface area contributed by atoms with E-state index in [0.717, 1.165) is 0 Å². The van der Waals surface area contributed by atoms with Gasteiger partial charge in [0.1, 0.15) is 10.4 Å². The first-order valence-corrected chi connectivity index (χ1v) is 10.7. The quantitative estimate of drug-likeness (QED) is 0.276. The van der Waals surface area contributed by atoms with Gasteiger partial charge in [0.15, 0.2) is 0 Å². The Kier molecular flexibility index (Phi) is 10.3. The van der Waals surface area contributed by atoms with E-state index in [1.54, 1.807) is 6.92 Å². The first-order valence-electron chi connectivity index (χ1n) is 7.26. The lowest BCUT2D eigenvalue weighted by Crippen LogP contribution is -2.56. The van der Waals surface area contributed by atoms with Gasteiger partial charge in [-0.05, 0) is 6.42 Å². The molecule has 25 heavy (non-hydrogen) atoms. The molecule has 12 heteroatoms. The lowest BCUT2D eigenvalue weighted by atomic mass is 10.4. The van der Waals surface area contributed by atoms with E-state index in [2.05, 4.69) is 0 Å². The molecule has 0 spiro atoms. The van der Waals surface area contributed by atoms with Gasteiger partial charge in [-0.2, -0.15) is 0 Å². The molecule has 0 unspecified atom stereocenters. The fraction of sp³-hybridized carbons (Fsp3) is 0.692. The second-order valence-electron chi connectivity index (χ2n) is 4.53. The van der Waals surface area contributed by atoms with Crippen LogP contribution in [0.25, 0.3) is 0 Å². The maximum atomic E-state index is 12.7. The van der Waals surface area contributed by atoms with Gasteiger partial charge in [-0.3, -0.25) is 0 Å². The van der Waals surface area contributed by atoms with Gasteiger partial charge in [0.2, 0.25) is 0 Å². The van der Waals surface area contributed by atoms with Crippen molar-refractivity contribution in [2.75, 3.05) is 49.3 Å². The summed E-state index contributed by atoms with van der Waals surface area (Å²) in [5, 5.41) is 8.79. The molecule has 1 N–H and O–H groups in total. The van der Waals surface area contributed by atoms with Gasteiger partial charge < -0.3 is 36.4 Å². The normalized spacial score (nSPS) is 13.4. The Morgan fingerprint density at radius 3 is 1.40 bits per heavy atom. The Morgan fingerprint density at radius 2 is 1.12 bits per heavy atom. The van der Waals surface area contributed by atoms with Crippen LogP contribution in [0.2, 0.25) is 0 Å². The zero-order valence-electron chi connectivity index (χ0n) is 15.5. The fourth-order valence-corrected chi connectivity index (χ4v) is 6.70. The lowest BCUT2D eigenvalue weighted by molar-refractivity contribution is -0.140. The Bertz CT molecular complexity index is 469. The molecule has 0 aromatic carbocycles. The molecule has 0 bridgehead atoms. The number of aliphatic carboxylic acids is 1. The van der Waals surface area contributed by atoms with Crippen LogP contribution in [0.3, 0.4) is 0 Å². The Morgan fingerprint density at radius 1 is 0.760 bits per heavy atom. The highest BCUT2D eigenvalue weighted by Gasteiger charge is 2.59. The number of ether oxygens (including phenoxy) is 1. The predicted molar refractivity (Wildman–Crippen MR) is 89.5 cm³/mol. The molecular formula is C13H26O10Si2. The maximum Gasteiger partial charge on any atom is 0.544 e. The summed E-state index contributed by atoms with van der Waals surface area (Å²) in [4.78, 5) is 24.7. The number of hydrogen-bond acceptors (Lipinski definition) is 9. The first kappa shape index (κ1) is 23.9. The topological polar surface area (TPSA) is 119 Å². The molecule has 0 radical (unpaired) electrons. The first-order chi connectivity index (χ1) is 11.8. The summed E-state index contributed by atoms with van der Waals surface area (Å²) < 4.78 is 36.7. The number of carboxylic acids is 1. The Labute approximate surface area is 149 Å². The van der Waals surface area contributed by atoms with Crippen LogP contribution in [-0.2, 0) is 40.9 Å². The number of carbonyl (C=O) groups is 2. The molecule has 10 nitrogen and oxygen atoms in total. The molecule has 0 aliphatic heterocycles. The SMILES string of the molecule is CCCOC(=O)C(=C(C(=O)O)[Si](OC)(OC)OC)[Si](OC)(OC)OC. The summed E-state index contributed by atoms with van der Waals surface area (Å²) in [5.41, 5.74) is 0. The third kappa shape index (κ3) is 4.95. The van der Waals surface area contributed by atoms with Crippen molar-refractivity contribution < 1.29 is 46.0 Å². The zero-order chi connectivity index (χ0) is 19.7. The monoisotopic (exact) mass is 398 g/mol. The molecule has 0 aliphatic rings. The van der Waals surface area contributed by atoms with Crippen molar-refractivity contribution in [1.82, 2.24) is 0 Å². The van der Waals surface area contributed by atoms with Crippen molar-refractivity contribution in [3.8, 4) is 0 Å². The van der Waals surface area contributed by atoms with Gasteiger partial charge in [0.25, 0.3) is 0 Å². The molecule has 0 heterocycles. The van der Waals surface area contributed by atoms with Crippen molar-refractivity contribution >= 4 is 29.5 Å². The molecule has 0 fully saturated rings. The third-order valence-electron chi connectivity index (χ3n) is 3.33. The average molecular weight is 399 g/mol. The summed E-state index contributed by atoms with van der Waals surface area (Å²) in [6, 6.07) is 0. The third-order valence-corrected chi connectivity index (χ3v) is 8.95. The summed E-state index contributed by atoms with van der Waals surface area (Å²) in [6.07, 6.45) is 0.532. The van der Waals surface area contributed by atoms with E-state index in [0.29, 0.717) is 6.42 Å². The van der Waals surface area contributed by atoms with Gasteiger partial charge in [0.05, 0.1) is 6.61 Å². The van der Waals surface area contributed by atoms with Crippen LogP contribution in [0.5, 0.6) is 0 Å². The number of esters is 1. The van der Waals surface area contributed by atoms with E-state index in [-0.39, 0.29) is 6.61 Å². The fourth-order valence-electron chi connectivity index (χ4n) is 2.15. The van der Waals surface area contributed by atoms with E-state index in [1.807, 2.05) is 0 Å². The Balaban J connectivity index is 6.86. The minimum Gasteiger partial charge on any atom is -0.478 e. The summed E-state index contributed by atoms with van der Waals surface area (Å²) >= 11 is 0. The molecule has 0 atom stereocenters. The molecule has 0 aromatic rings. The minimum atomic E-state index is -3.96. The van der Waals surface area contributed by atoms with E-state index in [4.69, 9.17) is 31.3 Å². The van der Waals surface area contributed by atoms with Crippen LogP contribution < -0.4 is 0 Å². The summed E-state index contributed by atoms with van der Waals surface area (Å²) in [7, 11) is -0.527. The average Bonchev–Trinajstić information content (AvgIpc) is 2.63. The van der Waals surface area contributed by atoms with Crippen LogP contribution in [0.1, 0.15) is 13.3 Å². The maximum absolute atomic E-state index is 12.7. The van der Waals surface area contributed by atoms with E-state index in [9.17, 15) is 14.7 Å². The van der Waals surface area contributed by atoms with E-state index < -0.39 is 39.9 Å². The van der Waals surface area contributed by atoms with Crippen molar-refractivity contribution in [3.05, 3.63) is 10.4 Å². The van der Waals surface area contributed by atoms with Crippen LogP contribution in [0.4, 0.5) is 0 Å². The number of carbonyl (C=O) groups excluding carboxylic acids is 1. The largest absolute Gasteiger partial charge is 0.544 e. The van der Waals surface area contributed by atoms with Gasteiger partial charge in [-0.1, -0.05) is 6.92 Å². The standard InChI is InChI=1S/C13H26O10Si2/c1-8-9-23-13(16)11(25(20-5,21-6)22-7)10(12(14)15)24(17-2,18-3)19-4/h8-9H2,1-7H3,(H,14,15). The zero-order valence-corrected chi connectivity index (χ0v) is 17.5. The highest BCUT2D eigenvalue weighted by molar-refractivity contribution is 6.82. The van der Waals surface area contributed by atoms with Gasteiger partial charge >= 0.3 is 29.5 Å². The molecule has 0 amide bonds. The molecule has 0 aromatic heterocycles. The van der Waals surface area contributed by atoms with Crippen molar-refractivity contribution in [2.45, 2.75) is 13.3 Å². The second-order valence-corrected chi connectivity index (χ2v) is 10.2. The highest BCUT2D eigenvalue weighted by Crippen LogP contribution is 2.30. The van der Waals surface area contributed by atoms with Crippen LogP contribution >= 0.6 is 0 Å². The number of carboxylic acid groups (broad SMARTS) is 1. The minimum absolute atomic E-state index is 0.0678. The van der Waals surface area contributed by atoms with Crippen molar-refractivity contribution in [1.29, 1.82) is 0 Å². The predicted octanol–water partition coefficient (Wildman–Crippen LogP) is 0.155. The number of hydrogen-bond donors (Lipinski definition) is 1. The second kappa shape index (κ2) is 10.8. The van der Waals surface area contributed by atoms with Crippen LogP contribution in [0.15, 0.2) is 10.4 Å². The molecule has 0 aliphatic carbocycles. The van der Waals surface area contributed by atoms with Crippen molar-refractivity contribution in [3.63, 3.8) is 0 Å². The molecule has 0 saturated carbocycles. The smallest absolute Gasteiger partial charge is 0.478 e. The molecule has 0 saturated heterocycles. The Hall–Kier alpha value is -1.13. The van der Waals surface area contributed by atoms with Crippen molar-refractivity contribution in [2.24, 2.45) is 0 Å². The van der Waals surface area contributed by atoms with Crippen LogP contribution in [-0.4, -0.2) is 83.9 Å². The summed E-state index contributed by atoms with van der Waals surface area (Å²) in [6.45, 7) is 1.86. The van der Waals surface area contributed by atoms with Gasteiger partial charge in [0, 0.05) is 42.7 Å². The lowest BCUT2D eigenvalue weighted by Gasteiger charge is -2.31. The van der Waals surface area contributed by atoms with Crippen LogP contribution in [0, 0.1) is 0 Å².